The number of hydrogen-bond donors (Lipinski definition) is 1. The number of nitrogens with zero attached hydrogens (tertiary/aromatic N) is 3. The Morgan fingerprint density at radius 1 is 1.24 bits per heavy atom. The second-order valence-electron chi connectivity index (χ2n) is 6.30. The molecule has 0 aliphatic carbocycles. The van der Waals surface area contributed by atoms with Gasteiger partial charge in [0.15, 0.2) is 5.16 Å². The zero-order chi connectivity index (χ0) is 18.0. The normalized spacial score (nSPS) is 12.6. The minimum Gasteiger partial charge on any atom is -0.323 e. The fraction of sp³-hybridized carbons (Fsp3) is 0.421. The molecular formula is C19H24N4OS. The Hall–Kier alpha value is -2.08. The Morgan fingerprint density at radius 3 is 2.76 bits per heavy atom. The molecule has 0 saturated carbocycles. The molecular weight excluding hydrogens is 332 g/mol. The van der Waals surface area contributed by atoms with Gasteiger partial charge >= 0.3 is 0 Å². The summed E-state index contributed by atoms with van der Waals surface area (Å²) in [4.78, 5) is 24.6. The number of aromatic nitrogens is 4. The van der Waals surface area contributed by atoms with Crippen molar-refractivity contribution in [1.29, 1.82) is 0 Å². The second kappa shape index (κ2) is 7.44. The van der Waals surface area contributed by atoms with Crippen molar-refractivity contribution in [2.24, 2.45) is 0 Å². The fourth-order valence-corrected chi connectivity index (χ4v) is 3.89. The van der Waals surface area contributed by atoms with Crippen LogP contribution in [0.25, 0.3) is 10.9 Å². The molecule has 5 nitrogen and oxygen atoms in total. The quantitative estimate of drug-likeness (QED) is 0.665. The van der Waals surface area contributed by atoms with E-state index in [1.165, 1.54) is 5.69 Å². The van der Waals surface area contributed by atoms with Crippen LogP contribution in [0.4, 0.5) is 0 Å². The third-order valence-electron chi connectivity index (χ3n) is 4.46. The molecule has 0 bridgehead atoms. The number of thioether (sulfide) groups is 1. The lowest BCUT2D eigenvalue weighted by Gasteiger charge is -2.13. The van der Waals surface area contributed by atoms with Crippen LogP contribution in [0.2, 0.25) is 0 Å². The summed E-state index contributed by atoms with van der Waals surface area (Å²) in [5.41, 5.74) is 2.92. The Labute approximate surface area is 151 Å². The smallest absolute Gasteiger partial charge is 0.258 e. The molecule has 0 saturated heterocycles. The summed E-state index contributed by atoms with van der Waals surface area (Å²) >= 11 is 1.65. The standard InChI is InChI=1S/C19H24N4OS/c1-5-6-11-23-13(3)12(2)20-19(23)25-14(4)17-21-16-10-8-7-9-15(16)18(24)22-17/h7-10,14H,5-6,11H2,1-4H3,(H,21,22,24)/t14-/m0/s1. The SMILES string of the molecule is CCCCn1c(S[C@@H](C)c2nc3ccccc3c(=O)[nH]2)nc(C)c1C. The van der Waals surface area contributed by atoms with Crippen molar-refractivity contribution < 1.29 is 0 Å². The molecule has 0 spiro atoms. The predicted molar refractivity (Wildman–Crippen MR) is 103 cm³/mol. The van der Waals surface area contributed by atoms with E-state index in [-0.39, 0.29) is 10.8 Å². The highest BCUT2D eigenvalue weighted by atomic mass is 32.2. The highest BCUT2D eigenvalue weighted by molar-refractivity contribution is 7.99. The first-order valence-corrected chi connectivity index (χ1v) is 9.58. The predicted octanol–water partition coefficient (Wildman–Crippen LogP) is 4.39. The summed E-state index contributed by atoms with van der Waals surface area (Å²) < 4.78 is 2.28. The first kappa shape index (κ1) is 17.7. The van der Waals surface area contributed by atoms with Crippen molar-refractivity contribution in [1.82, 2.24) is 19.5 Å². The van der Waals surface area contributed by atoms with Crippen molar-refractivity contribution in [3.63, 3.8) is 0 Å². The van der Waals surface area contributed by atoms with Gasteiger partial charge in [-0.3, -0.25) is 4.79 Å². The molecule has 0 fully saturated rings. The van der Waals surface area contributed by atoms with Gasteiger partial charge in [-0.1, -0.05) is 37.2 Å². The minimum absolute atomic E-state index is 0.0129. The van der Waals surface area contributed by atoms with Crippen molar-refractivity contribution in [2.75, 3.05) is 0 Å². The highest BCUT2D eigenvalue weighted by Crippen LogP contribution is 2.33. The molecule has 3 aromatic rings. The van der Waals surface area contributed by atoms with E-state index in [1.54, 1.807) is 17.8 Å². The number of para-hydroxylation sites is 1. The lowest BCUT2D eigenvalue weighted by molar-refractivity contribution is 0.574. The fourth-order valence-electron chi connectivity index (χ4n) is 2.80. The Balaban J connectivity index is 1.91. The summed E-state index contributed by atoms with van der Waals surface area (Å²) in [6.07, 6.45) is 2.28. The van der Waals surface area contributed by atoms with Crippen LogP contribution >= 0.6 is 11.8 Å². The molecule has 0 aliphatic heterocycles. The number of aryl methyl sites for hydroxylation is 1. The molecule has 2 heterocycles. The number of fused-ring (bicyclic) bond motifs is 1. The maximum absolute atomic E-state index is 12.3. The zero-order valence-corrected chi connectivity index (χ0v) is 16.0. The van der Waals surface area contributed by atoms with E-state index >= 15 is 0 Å². The number of imidazole rings is 1. The second-order valence-corrected chi connectivity index (χ2v) is 7.61. The van der Waals surface area contributed by atoms with Crippen LogP contribution in [-0.4, -0.2) is 19.5 Å². The van der Waals surface area contributed by atoms with Crippen LogP contribution in [0.5, 0.6) is 0 Å². The van der Waals surface area contributed by atoms with Gasteiger partial charge in [-0.15, -0.1) is 0 Å². The zero-order valence-electron chi connectivity index (χ0n) is 15.2. The third-order valence-corrected chi connectivity index (χ3v) is 5.56. The van der Waals surface area contributed by atoms with Gasteiger partial charge in [-0.25, -0.2) is 9.97 Å². The molecule has 0 amide bonds. The average molecular weight is 356 g/mol. The number of unbranched alkanes of at least 4 members (excludes halogenated alkanes) is 1. The van der Waals surface area contributed by atoms with Crippen LogP contribution in [0.1, 0.15) is 49.2 Å². The van der Waals surface area contributed by atoms with Gasteiger partial charge in [0.2, 0.25) is 0 Å². The van der Waals surface area contributed by atoms with E-state index in [4.69, 9.17) is 4.98 Å². The molecule has 132 valence electrons. The summed E-state index contributed by atoms with van der Waals surface area (Å²) in [6.45, 7) is 9.38. The summed E-state index contributed by atoms with van der Waals surface area (Å²) in [6, 6.07) is 7.43. The monoisotopic (exact) mass is 356 g/mol. The van der Waals surface area contributed by atoms with Crippen LogP contribution in [-0.2, 0) is 6.54 Å². The van der Waals surface area contributed by atoms with Gasteiger partial charge in [0.1, 0.15) is 5.82 Å². The van der Waals surface area contributed by atoms with Crippen LogP contribution in [0, 0.1) is 13.8 Å². The van der Waals surface area contributed by atoms with E-state index in [1.807, 2.05) is 25.1 Å². The van der Waals surface area contributed by atoms with Crippen LogP contribution in [0.3, 0.4) is 0 Å². The lowest BCUT2D eigenvalue weighted by atomic mass is 10.2. The van der Waals surface area contributed by atoms with E-state index in [9.17, 15) is 4.79 Å². The van der Waals surface area contributed by atoms with E-state index in [0.717, 1.165) is 35.8 Å². The number of H-pyrrole nitrogens is 1. The van der Waals surface area contributed by atoms with Gasteiger partial charge < -0.3 is 9.55 Å². The van der Waals surface area contributed by atoms with Gasteiger partial charge in [0.05, 0.1) is 21.8 Å². The molecule has 2 aromatic heterocycles. The molecule has 0 radical (unpaired) electrons. The molecule has 6 heteroatoms. The van der Waals surface area contributed by atoms with E-state index < -0.39 is 0 Å². The Bertz CT molecular complexity index is 944. The summed E-state index contributed by atoms with van der Waals surface area (Å²) in [7, 11) is 0. The van der Waals surface area contributed by atoms with E-state index in [2.05, 4.69) is 35.3 Å². The first-order valence-electron chi connectivity index (χ1n) is 8.70. The van der Waals surface area contributed by atoms with E-state index in [0.29, 0.717) is 11.2 Å². The van der Waals surface area contributed by atoms with Gasteiger partial charge in [-0.2, -0.15) is 0 Å². The number of aromatic amines is 1. The topological polar surface area (TPSA) is 63.6 Å². The van der Waals surface area contributed by atoms with Gasteiger partial charge in [0.25, 0.3) is 5.56 Å². The largest absolute Gasteiger partial charge is 0.323 e. The minimum atomic E-state index is -0.0882. The number of nitrogens with one attached hydrogen (secondary N) is 1. The molecule has 3 rings (SSSR count). The number of rotatable bonds is 6. The van der Waals surface area contributed by atoms with Crippen LogP contribution < -0.4 is 5.56 Å². The maximum atomic E-state index is 12.3. The number of hydrogen-bond acceptors (Lipinski definition) is 4. The van der Waals surface area contributed by atoms with Gasteiger partial charge in [-0.05, 0) is 39.3 Å². The van der Waals surface area contributed by atoms with Crippen LogP contribution in [0.15, 0.2) is 34.2 Å². The van der Waals surface area contributed by atoms with Crippen molar-refractivity contribution in [3.8, 4) is 0 Å². The Kier molecular flexibility index (Phi) is 5.27. The van der Waals surface area contributed by atoms with Crippen molar-refractivity contribution in [3.05, 3.63) is 51.8 Å². The number of benzene rings is 1. The lowest BCUT2D eigenvalue weighted by Crippen LogP contribution is -2.13. The molecule has 0 aliphatic rings. The molecule has 0 unspecified atom stereocenters. The summed E-state index contributed by atoms with van der Waals surface area (Å²) in [5, 5.41) is 1.63. The third kappa shape index (κ3) is 3.63. The average Bonchev–Trinajstić information content (AvgIpc) is 2.86. The highest BCUT2D eigenvalue weighted by Gasteiger charge is 2.18. The summed E-state index contributed by atoms with van der Waals surface area (Å²) in [5.74, 6) is 0.689. The molecule has 1 N–H and O–H groups in total. The first-order chi connectivity index (χ1) is 12.0. The molecule has 1 atom stereocenters. The molecule has 1 aromatic carbocycles. The van der Waals surface area contributed by atoms with Crippen molar-refractivity contribution >= 4 is 22.7 Å². The molecule has 25 heavy (non-hydrogen) atoms. The van der Waals surface area contributed by atoms with Crippen molar-refractivity contribution in [2.45, 2.75) is 57.5 Å². The maximum Gasteiger partial charge on any atom is 0.258 e. The van der Waals surface area contributed by atoms with Gasteiger partial charge in [0, 0.05) is 12.2 Å². The Morgan fingerprint density at radius 2 is 2.00 bits per heavy atom.